The highest BCUT2D eigenvalue weighted by atomic mass is 16.5. The number of aliphatic hydroxyl groups is 1. The zero-order valence-electron chi connectivity index (χ0n) is 8.22. The molecule has 4 heteroatoms. The zero-order chi connectivity index (χ0) is 9.80. The van der Waals surface area contributed by atoms with E-state index in [9.17, 15) is 0 Å². The molecule has 1 aromatic heterocycles. The Morgan fingerprint density at radius 1 is 1.57 bits per heavy atom. The van der Waals surface area contributed by atoms with Crippen molar-refractivity contribution in [2.24, 2.45) is 0 Å². The molecule has 1 aliphatic carbocycles. The Morgan fingerprint density at radius 3 is 2.93 bits per heavy atom. The molecule has 0 unspecified atom stereocenters. The molecular formula is C10H16N2O2. The van der Waals surface area contributed by atoms with E-state index >= 15 is 0 Å². The number of hydrogen-bond donors (Lipinski definition) is 1. The van der Waals surface area contributed by atoms with Crippen molar-refractivity contribution < 1.29 is 9.63 Å². The molecule has 0 bridgehead atoms. The van der Waals surface area contributed by atoms with Gasteiger partial charge < -0.3 is 9.63 Å². The highest BCUT2D eigenvalue weighted by molar-refractivity contribution is 4.94. The fourth-order valence-corrected chi connectivity index (χ4v) is 1.79. The first-order chi connectivity index (χ1) is 6.90. The summed E-state index contributed by atoms with van der Waals surface area (Å²) in [5, 5.41) is 12.6. The largest absolute Gasteiger partial charge is 0.395 e. The van der Waals surface area contributed by atoms with Gasteiger partial charge in [-0.25, -0.2) is 0 Å². The summed E-state index contributed by atoms with van der Waals surface area (Å²) in [6.45, 7) is 1.71. The van der Waals surface area contributed by atoms with Gasteiger partial charge in [0.25, 0.3) is 0 Å². The summed E-state index contributed by atoms with van der Waals surface area (Å²) < 4.78 is 5.06. The van der Waals surface area contributed by atoms with Crippen molar-refractivity contribution in [3.63, 3.8) is 0 Å². The van der Waals surface area contributed by atoms with Crippen molar-refractivity contribution in [3.8, 4) is 0 Å². The molecule has 0 aromatic carbocycles. The van der Waals surface area contributed by atoms with Crippen LogP contribution in [0.2, 0.25) is 0 Å². The second kappa shape index (κ2) is 4.57. The maximum absolute atomic E-state index is 8.95. The molecule has 1 aliphatic rings. The normalized spacial score (nSPS) is 17.3. The number of aliphatic hydroxyl groups excluding tert-OH is 1. The van der Waals surface area contributed by atoms with E-state index in [4.69, 9.17) is 9.63 Å². The first kappa shape index (κ1) is 9.68. The van der Waals surface area contributed by atoms with Crippen LogP contribution >= 0.6 is 0 Å². The van der Waals surface area contributed by atoms with E-state index in [1.807, 2.05) is 6.07 Å². The van der Waals surface area contributed by atoms with Crippen molar-refractivity contribution in [3.05, 3.63) is 18.0 Å². The molecule has 0 aliphatic heterocycles. The molecule has 0 atom stereocenters. The van der Waals surface area contributed by atoms with Gasteiger partial charge in [0.1, 0.15) is 0 Å². The molecule has 4 nitrogen and oxygen atoms in total. The molecule has 1 N–H and O–H groups in total. The number of rotatable bonds is 5. The first-order valence-corrected chi connectivity index (χ1v) is 5.14. The lowest BCUT2D eigenvalue weighted by molar-refractivity contribution is 0.0855. The van der Waals surface area contributed by atoms with Gasteiger partial charge >= 0.3 is 0 Å². The van der Waals surface area contributed by atoms with Gasteiger partial charge in [-0.2, -0.15) is 0 Å². The molecule has 0 radical (unpaired) electrons. The minimum atomic E-state index is 0.213. The quantitative estimate of drug-likeness (QED) is 0.764. The monoisotopic (exact) mass is 196 g/mol. The van der Waals surface area contributed by atoms with Gasteiger partial charge in [0.05, 0.1) is 19.3 Å². The van der Waals surface area contributed by atoms with Crippen LogP contribution in [0.4, 0.5) is 0 Å². The SMILES string of the molecule is OCCN(Cc1ccno1)C1CCC1. The second-order valence-electron chi connectivity index (χ2n) is 3.76. The van der Waals surface area contributed by atoms with E-state index in [-0.39, 0.29) is 6.61 Å². The van der Waals surface area contributed by atoms with Crippen LogP contribution in [0.25, 0.3) is 0 Å². The predicted molar refractivity (Wildman–Crippen MR) is 51.6 cm³/mol. The van der Waals surface area contributed by atoms with Crippen molar-refractivity contribution >= 4 is 0 Å². The molecule has 0 spiro atoms. The minimum absolute atomic E-state index is 0.213. The smallest absolute Gasteiger partial charge is 0.150 e. The summed E-state index contributed by atoms with van der Waals surface area (Å²) in [5.74, 6) is 0.880. The van der Waals surface area contributed by atoms with Gasteiger partial charge in [-0.3, -0.25) is 4.90 Å². The van der Waals surface area contributed by atoms with E-state index in [1.165, 1.54) is 19.3 Å². The lowest BCUT2D eigenvalue weighted by Gasteiger charge is -2.36. The van der Waals surface area contributed by atoms with Gasteiger partial charge in [-0.15, -0.1) is 0 Å². The topological polar surface area (TPSA) is 49.5 Å². The van der Waals surface area contributed by atoms with Crippen LogP contribution in [0, 0.1) is 0 Å². The maximum atomic E-state index is 8.95. The van der Waals surface area contributed by atoms with Crippen LogP contribution in [-0.2, 0) is 6.54 Å². The van der Waals surface area contributed by atoms with Crippen LogP contribution in [0.1, 0.15) is 25.0 Å². The van der Waals surface area contributed by atoms with Gasteiger partial charge in [-0.1, -0.05) is 11.6 Å². The molecule has 1 aromatic rings. The Balaban J connectivity index is 1.89. The average molecular weight is 196 g/mol. The molecule has 1 fully saturated rings. The van der Waals surface area contributed by atoms with Gasteiger partial charge in [-0.05, 0) is 12.8 Å². The molecular weight excluding hydrogens is 180 g/mol. The summed E-state index contributed by atoms with van der Waals surface area (Å²) in [7, 11) is 0. The number of hydrogen-bond acceptors (Lipinski definition) is 4. The van der Waals surface area contributed by atoms with Crippen molar-refractivity contribution in [1.29, 1.82) is 0 Å². The van der Waals surface area contributed by atoms with Crippen molar-refractivity contribution in [1.82, 2.24) is 10.1 Å². The predicted octanol–water partition coefficient (Wildman–Crippen LogP) is 1.02. The Hall–Kier alpha value is -0.870. The van der Waals surface area contributed by atoms with Crippen LogP contribution < -0.4 is 0 Å². The van der Waals surface area contributed by atoms with Crippen molar-refractivity contribution in [2.45, 2.75) is 31.8 Å². The Bertz CT molecular complexity index is 257. The highest BCUT2D eigenvalue weighted by Crippen LogP contribution is 2.25. The van der Waals surface area contributed by atoms with E-state index in [1.54, 1.807) is 6.20 Å². The molecule has 78 valence electrons. The summed E-state index contributed by atoms with van der Waals surface area (Å²) in [6.07, 6.45) is 5.46. The van der Waals surface area contributed by atoms with Gasteiger partial charge in [0.2, 0.25) is 0 Å². The molecule has 0 amide bonds. The molecule has 14 heavy (non-hydrogen) atoms. The summed E-state index contributed by atoms with van der Waals surface area (Å²) in [4.78, 5) is 2.27. The maximum Gasteiger partial charge on any atom is 0.150 e. The molecule has 0 saturated heterocycles. The van der Waals surface area contributed by atoms with Crippen molar-refractivity contribution in [2.75, 3.05) is 13.2 Å². The Labute approximate surface area is 83.5 Å². The van der Waals surface area contributed by atoms with Crippen LogP contribution in [0.5, 0.6) is 0 Å². The van der Waals surface area contributed by atoms with Gasteiger partial charge in [0, 0.05) is 18.7 Å². The fraction of sp³-hybridized carbons (Fsp3) is 0.700. The van der Waals surface area contributed by atoms with E-state index in [0.717, 1.165) is 18.8 Å². The Morgan fingerprint density at radius 2 is 2.43 bits per heavy atom. The molecule has 1 heterocycles. The number of nitrogens with zero attached hydrogens (tertiary/aromatic N) is 2. The van der Waals surface area contributed by atoms with E-state index < -0.39 is 0 Å². The van der Waals surface area contributed by atoms with E-state index in [2.05, 4.69) is 10.1 Å². The molecule has 2 rings (SSSR count). The lowest BCUT2D eigenvalue weighted by Crippen LogP contribution is -2.41. The third kappa shape index (κ3) is 2.13. The van der Waals surface area contributed by atoms with Gasteiger partial charge in [0.15, 0.2) is 5.76 Å². The zero-order valence-corrected chi connectivity index (χ0v) is 8.22. The summed E-state index contributed by atoms with van der Waals surface area (Å²) in [6, 6.07) is 2.51. The summed E-state index contributed by atoms with van der Waals surface area (Å²) >= 11 is 0. The van der Waals surface area contributed by atoms with Crippen LogP contribution in [0.3, 0.4) is 0 Å². The molecule has 1 saturated carbocycles. The van der Waals surface area contributed by atoms with Crippen LogP contribution in [0.15, 0.2) is 16.8 Å². The fourth-order valence-electron chi connectivity index (χ4n) is 1.79. The first-order valence-electron chi connectivity index (χ1n) is 5.14. The average Bonchev–Trinajstić information content (AvgIpc) is 2.54. The standard InChI is InChI=1S/C10H16N2O2/c13-7-6-12(9-2-1-3-9)8-10-4-5-11-14-10/h4-5,9,13H,1-3,6-8H2. The van der Waals surface area contributed by atoms with Crippen LogP contribution in [-0.4, -0.2) is 34.4 Å². The highest BCUT2D eigenvalue weighted by Gasteiger charge is 2.25. The summed E-state index contributed by atoms with van der Waals surface area (Å²) in [5.41, 5.74) is 0. The van der Waals surface area contributed by atoms with E-state index in [0.29, 0.717) is 6.04 Å². The third-order valence-corrected chi connectivity index (χ3v) is 2.83. The minimum Gasteiger partial charge on any atom is -0.395 e. The Kier molecular flexibility index (Phi) is 3.16. The second-order valence-corrected chi connectivity index (χ2v) is 3.76. The number of aromatic nitrogens is 1. The lowest BCUT2D eigenvalue weighted by atomic mass is 9.91. The third-order valence-electron chi connectivity index (χ3n) is 2.83.